The summed E-state index contributed by atoms with van der Waals surface area (Å²) >= 11 is 2.80. The number of aryl methyl sites for hydroxylation is 1. The molecule has 0 radical (unpaired) electrons. The second kappa shape index (κ2) is 8.30. The molecule has 0 aliphatic rings. The van der Waals surface area contributed by atoms with Gasteiger partial charge in [0.1, 0.15) is 17.4 Å². The normalized spacial score (nSPS) is 12.0. The Morgan fingerprint density at radius 3 is 2.96 bits per heavy atom. The Morgan fingerprint density at radius 2 is 2.31 bits per heavy atom. The van der Waals surface area contributed by atoms with Crippen LogP contribution in [0.1, 0.15) is 17.3 Å². The van der Waals surface area contributed by atoms with E-state index in [1.54, 1.807) is 54.6 Å². The third-order valence-electron chi connectivity index (χ3n) is 3.24. The van der Waals surface area contributed by atoms with Gasteiger partial charge in [0.25, 0.3) is 5.91 Å². The molecule has 1 amide bonds. The van der Waals surface area contributed by atoms with Gasteiger partial charge in [-0.2, -0.15) is 5.10 Å². The van der Waals surface area contributed by atoms with Gasteiger partial charge in [0.05, 0.1) is 6.61 Å². The first kappa shape index (κ1) is 18.4. The predicted molar refractivity (Wildman–Crippen MR) is 98.8 cm³/mol. The van der Waals surface area contributed by atoms with E-state index in [1.165, 1.54) is 23.1 Å². The van der Waals surface area contributed by atoms with E-state index in [0.717, 1.165) is 9.24 Å². The Hall–Kier alpha value is -2.43. The maximum Gasteiger partial charge on any atom is 0.257 e. The van der Waals surface area contributed by atoms with E-state index in [2.05, 4.69) is 20.6 Å². The van der Waals surface area contributed by atoms with E-state index in [1.807, 2.05) is 0 Å². The lowest BCUT2D eigenvalue weighted by Crippen LogP contribution is -2.17. The SMILES string of the molecule is CC(CO)Oc1cc(Sc2nncs2)cc(C(=O)Nc2ccn(C)n2)c1. The van der Waals surface area contributed by atoms with Gasteiger partial charge in [-0.25, -0.2) is 0 Å². The molecular formula is C16H17N5O3S2. The van der Waals surface area contributed by atoms with Crippen LogP contribution in [-0.2, 0) is 7.05 Å². The molecule has 2 N–H and O–H groups in total. The Morgan fingerprint density at radius 1 is 1.46 bits per heavy atom. The van der Waals surface area contributed by atoms with Gasteiger partial charge < -0.3 is 15.2 Å². The van der Waals surface area contributed by atoms with Crippen molar-refractivity contribution in [3.05, 3.63) is 41.5 Å². The zero-order valence-electron chi connectivity index (χ0n) is 14.1. The number of carbonyl (C=O) groups is 1. The van der Waals surface area contributed by atoms with Crippen molar-refractivity contribution in [3.8, 4) is 5.75 Å². The van der Waals surface area contributed by atoms with Gasteiger partial charge in [-0.3, -0.25) is 9.48 Å². The summed E-state index contributed by atoms with van der Waals surface area (Å²) < 4.78 is 8.04. The van der Waals surface area contributed by atoms with Gasteiger partial charge in [0.15, 0.2) is 10.2 Å². The van der Waals surface area contributed by atoms with Crippen molar-refractivity contribution in [2.24, 2.45) is 7.05 Å². The van der Waals surface area contributed by atoms with Crippen LogP contribution < -0.4 is 10.1 Å². The Bertz CT molecular complexity index is 882. The lowest BCUT2D eigenvalue weighted by molar-refractivity contribution is 0.102. The second-order valence-electron chi connectivity index (χ2n) is 5.44. The van der Waals surface area contributed by atoms with Crippen molar-refractivity contribution in [2.45, 2.75) is 22.3 Å². The molecule has 1 aromatic carbocycles. The number of nitrogens with one attached hydrogen (secondary N) is 1. The average molecular weight is 391 g/mol. The number of benzene rings is 1. The smallest absolute Gasteiger partial charge is 0.257 e. The first-order chi connectivity index (χ1) is 12.5. The molecule has 0 spiro atoms. The van der Waals surface area contributed by atoms with E-state index in [0.29, 0.717) is 17.1 Å². The standard InChI is InChI=1S/C16H17N5O3S2/c1-10(8-22)24-12-5-11(15(23)18-14-3-4-21(2)20-14)6-13(7-12)26-16-19-17-9-25-16/h3-7,9-10,22H,8H2,1-2H3,(H,18,20,23). The number of aliphatic hydroxyl groups excluding tert-OH is 1. The summed E-state index contributed by atoms with van der Waals surface area (Å²) in [6.45, 7) is 1.63. The highest BCUT2D eigenvalue weighted by atomic mass is 32.2. The Kier molecular flexibility index (Phi) is 5.86. The summed E-state index contributed by atoms with van der Waals surface area (Å²) in [5, 5.41) is 23.9. The maximum atomic E-state index is 12.6. The highest BCUT2D eigenvalue weighted by Crippen LogP contribution is 2.32. The summed E-state index contributed by atoms with van der Waals surface area (Å²) in [4.78, 5) is 13.4. The molecule has 0 aliphatic carbocycles. The number of amides is 1. The quantitative estimate of drug-likeness (QED) is 0.638. The van der Waals surface area contributed by atoms with Crippen molar-refractivity contribution in [1.29, 1.82) is 0 Å². The molecule has 136 valence electrons. The van der Waals surface area contributed by atoms with Crippen LogP contribution in [-0.4, -0.2) is 43.7 Å². The number of hydrogen-bond acceptors (Lipinski definition) is 8. The summed E-state index contributed by atoms with van der Waals surface area (Å²) in [7, 11) is 1.78. The topological polar surface area (TPSA) is 102 Å². The fourth-order valence-corrected chi connectivity index (χ4v) is 3.62. The molecular weight excluding hydrogens is 374 g/mol. The number of carbonyl (C=O) groups excluding carboxylic acids is 1. The first-order valence-electron chi connectivity index (χ1n) is 7.71. The monoisotopic (exact) mass is 391 g/mol. The van der Waals surface area contributed by atoms with Gasteiger partial charge in [0.2, 0.25) is 0 Å². The predicted octanol–water partition coefficient (Wildman–Crippen LogP) is 2.43. The number of nitrogens with zero attached hydrogens (tertiary/aromatic N) is 4. The van der Waals surface area contributed by atoms with Gasteiger partial charge in [0, 0.05) is 29.8 Å². The largest absolute Gasteiger partial charge is 0.488 e. The number of hydrogen-bond donors (Lipinski definition) is 2. The molecule has 3 aromatic rings. The minimum Gasteiger partial charge on any atom is -0.488 e. The zero-order valence-corrected chi connectivity index (χ0v) is 15.8. The van der Waals surface area contributed by atoms with Gasteiger partial charge in [-0.05, 0) is 25.1 Å². The molecule has 2 heterocycles. The summed E-state index contributed by atoms with van der Waals surface area (Å²) in [6.07, 6.45) is 1.36. The molecule has 0 fully saturated rings. The van der Waals surface area contributed by atoms with E-state index in [-0.39, 0.29) is 18.6 Å². The highest BCUT2D eigenvalue weighted by Gasteiger charge is 2.14. The average Bonchev–Trinajstić information content (AvgIpc) is 3.26. The molecule has 0 saturated carbocycles. The lowest BCUT2D eigenvalue weighted by atomic mass is 10.2. The fraction of sp³-hybridized carbons (Fsp3) is 0.250. The summed E-state index contributed by atoms with van der Waals surface area (Å²) in [6, 6.07) is 6.90. The molecule has 0 bridgehead atoms. The number of rotatable bonds is 7. The van der Waals surface area contributed by atoms with E-state index in [9.17, 15) is 9.90 Å². The van der Waals surface area contributed by atoms with Crippen molar-refractivity contribution >= 4 is 34.8 Å². The Labute approximate surface area is 158 Å². The third kappa shape index (κ3) is 4.81. The number of ether oxygens (including phenoxy) is 1. The van der Waals surface area contributed by atoms with E-state index in [4.69, 9.17) is 4.74 Å². The Balaban J connectivity index is 1.86. The van der Waals surface area contributed by atoms with Crippen LogP contribution in [0.3, 0.4) is 0 Å². The molecule has 10 heteroatoms. The van der Waals surface area contributed by atoms with Crippen molar-refractivity contribution < 1.29 is 14.6 Å². The van der Waals surface area contributed by atoms with Crippen molar-refractivity contribution in [1.82, 2.24) is 20.0 Å². The number of anilines is 1. The molecule has 0 aliphatic heterocycles. The minimum absolute atomic E-state index is 0.122. The van der Waals surface area contributed by atoms with Crippen LogP contribution in [0.2, 0.25) is 0 Å². The van der Waals surface area contributed by atoms with Gasteiger partial charge in [-0.1, -0.05) is 23.1 Å². The summed E-state index contributed by atoms with van der Waals surface area (Å²) in [5.74, 6) is 0.656. The van der Waals surface area contributed by atoms with Crippen LogP contribution in [0, 0.1) is 0 Å². The van der Waals surface area contributed by atoms with E-state index < -0.39 is 0 Å². The lowest BCUT2D eigenvalue weighted by Gasteiger charge is -2.14. The molecule has 1 atom stereocenters. The molecule has 3 rings (SSSR count). The van der Waals surface area contributed by atoms with Crippen LogP contribution in [0.4, 0.5) is 5.82 Å². The van der Waals surface area contributed by atoms with Crippen LogP contribution >= 0.6 is 23.1 Å². The van der Waals surface area contributed by atoms with Crippen LogP contribution in [0.15, 0.2) is 45.2 Å². The minimum atomic E-state index is -0.386. The van der Waals surface area contributed by atoms with Crippen LogP contribution in [0.25, 0.3) is 0 Å². The van der Waals surface area contributed by atoms with Gasteiger partial charge >= 0.3 is 0 Å². The van der Waals surface area contributed by atoms with Crippen LogP contribution in [0.5, 0.6) is 5.75 Å². The van der Waals surface area contributed by atoms with E-state index >= 15 is 0 Å². The fourth-order valence-electron chi connectivity index (χ4n) is 2.08. The first-order valence-corrected chi connectivity index (χ1v) is 9.40. The second-order valence-corrected chi connectivity index (χ2v) is 7.59. The third-order valence-corrected chi connectivity index (χ3v) is 4.99. The summed E-state index contributed by atoms with van der Waals surface area (Å²) in [5.41, 5.74) is 2.07. The highest BCUT2D eigenvalue weighted by molar-refractivity contribution is 8.01. The zero-order chi connectivity index (χ0) is 18.5. The number of aliphatic hydroxyl groups is 1. The van der Waals surface area contributed by atoms with Crippen molar-refractivity contribution in [3.63, 3.8) is 0 Å². The maximum absolute atomic E-state index is 12.6. The molecule has 8 nitrogen and oxygen atoms in total. The van der Waals surface area contributed by atoms with Crippen molar-refractivity contribution in [2.75, 3.05) is 11.9 Å². The molecule has 1 unspecified atom stereocenters. The molecule has 0 saturated heterocycles. The van der Waals surface area contributed by atoms with Gasteiger partial charge in [-0.15, -0.1) is 10.2 Å². The molecule has 26 heavy (non-hydrogen) atoms. The number of aromatic nitrogens is 4. The molecule has 2 aromatic heterocycles.